The molecule has 5 rings (SSSR count). The Bertz CT molecular complexity index is 1670. The van der Waals surface area contributed by atoms with E-state index in [-0.39, 0.29) is 0 Å². The molecule has 0 unspecified atom stereocenters. The Kier molecular flexibility index (Phi) is 6.30. The third-order valence-corrected chi connectivity index (χ3v) is 7.59. The van der Waals surface area contributed by atoms with Crippen LogP contribution in [0.2, 0.25) is 5.02 Å². The fourth-order valence-electron chi connectivity index (χ4n) is 4.47. The maximum Gasteiger partial charge on any atom is 0.337 e. The molecule has 0 bridgehead atoms. The molecular formula is C28H27ClN4O3S. The van der Waals surface area contributed by atoms with Gasteiger partial charge in [0.1, 0.15) is 16.3 Å². The fourth-order valence-corrected chi connectivity index (χ4v) is 5.70. The van der Waals surface area contributed by atoms with Crippen molar-refractivity contribution in [1.82, 2.24) is 19.5 Å². The van der Waals surface area contributed by atoms with Crippen LogP contribution in [0.5, 0.6) is 0 Å². The molecule has 0 aliphatic heterocycles. The third kappa shape index (κ3) is 4.72. The average Bonchev–Trinajstić information content (AvgIpc) is 3.36. The number of aryl methyl sites for hydroxylation is 3. The summed E-state index contributed by atoms with van der Waals surface area (Å²) in [5.41, 5.74) is 5.62. The number of rotatable bonds is 5. The molecule has 1 atom stereocenters. The predicted molar refractivity (Wildman–Crippen MR) is 148 cm³/mol. The summed E-state index contributed by atoms with van der Waals surface area (Å²) in [6.07, 6.45) is 0.648. The standard InChI is InChI=1S/C28H27ClN4O3S/c1-14-11-19-24(37-26(32-19)17-12-20-25(30-13-17)33(6)15(2)31-20)22(16-7-9-18(29)10-8-16)21(14)23(27(34)35)36-28(3,4)5/h7-13,23H,1-6H3,(H,34,35)/t23-/m0/s1. The number of hydrogen-bond acceptors (Lipinski definition) is 6. The van der Waals surface area contributed by atoms with Crippen LogP contribution in [-0.2, 0) is 16.6 Å². The maximum atomic E-state index is 12.5. The number of carboxylic acid groups (broad SMARTS) is 1. The van der Waals surface area contributed by atoms with Gasteiger partial charge in [-0.2, -0.15) is 0 Å². The van der Waals surface area contributed by atoms with Crippen molar-refractivity contribution in [3.63, 3.8) is 0 Å². The topological polar surface area (TPSA) is 90.1 Å². The molecule has 5 aromatic rings. The highest BCUT2D eigenvalue weighted by Gasteiger charge is 2.32. The zero-order valence-electron chi connectivity index (χ0n) is 21.5. The van der Waals surface area contributed by atoms with Crippen LogP contribution in [-0.4, -0.2) is 36.2 Å². The number of halogens is 1. The van der Waals surface area contributed by atoms with Crippen molar-refractivity contribution in [2.24, 2.45) is 7.05 Å². The van der Waals surface area contributed by atoms with E-state index in [0.717, 1.165) is 54.5 Å². The van der Waals surface area contributed by atoms with Gasteiger partial charge in [-0.25, -0.2) is 19.7 Å². The van der Waals surface area contributed by atoms with E-state index < -0.39 is 17.7 Å². The Hall–Kier alpha value is -3.33. The van der Waals surface area contributed by atoms with E-state index in [4.69, 9.17) is 21.3 Å². The van der Waals surface area contributed by atoms with E-state index in [1.54, 1.807) is 18.3 Å². The minimum atomic E-state index is -1.16. The highest BCUT2D eigenvalue weighted by Crippen LogP contribution is 2.44. The van der Waals surface area contributed by atoms with Crippen molar-refractivity contribution in [2.45, 2.75) is 46.3 Å². The van der Waals surface area contributed by atoms with E-state index >= 15 is 0 Å². The smallest absolute Gasteiger partial charge is 0.337 e. The second-order valence-corrected chi connectivity index (χ2v) is 11.5. The van der Waals surface area contributed by atoms with Gasteiger partial charge in [-0.1, -0.05) is 23.7 Å². The molecule has 0 saturated heterocycles. The Morgan fingerprint density at radius 2 is 1.78 bits per heavy atom. The van der Waals surface area contributed by atoms with E-state index in [1.807, 2.05) is 70.5 Å². The van der Waals surface area contributed by atoms with Gasteiger partial charge in [0.2, 0.25) is 0 Å². The predicted octanol–water partition coefficient (Wildman–Crippen LogP) is 7.12. The molecular weight excluding hydrogens is 508 g/mol. The first-order chi connectivity index (χ1) is 17.4. The summed E-state index contributed by atoms with van der Waals surface area (Å²) in [6.45, 7) is 9.41. The molecule has 37 heavy (non-hydrogen) atoms. The number of thiazole rings is 1. The number of hydrogen-bond donors (Lipinski definition) is 1. The molecule has 0 radical (unpaired) electrons. The fraction of sp³-hybridized carbons (Fsp3) is 0.286. The Balaban J connectivity index is 1.78. The van der Waals surface area contributed by atoms with Gasteiger partial charge in [0.25, 0.3) is 0 Å². The van der Waals surface area contributed by atoms with Crippen LogP contribution in [0.15, 0.2) is 42.6 Å². The first kappa shape index (κ1) is 25.3. The minimum absolute atomic E-state index is 0.602. The first-order valence-corrected chi connectivity index (χ1v) is 13.0. The molecule has 0 amide bonds. The van der Waals surface area contributed by atoms with Gasteiger partial charge in [-0.3, -0.25) is 0 Å². The summed E-state index contributed by atoms with van der Waals surface area (Å²) in [4.78, 5) is 26.7. The molecule has 2 aromatic carbocycles. The zero-order chi connectivity index (χ0) is 26.6. The van der Waals surface area contributed by atoms with Crippen LogP contribution in [0.3, 0.4) is 0 Å². The largest absolute Gasteiger partial charge is 0.479 e. The van der Waals surface area contributed by atoms with Gasteiger partial charge in [-0.15, -0.1) is 11.3 Å². The second kappa shape index (κ2) is 9.20. The van der Waals surface area contributed by atoms with Crippen LogP contribution in [0.4, 0.5) is 0 Å². The molecule has 3 heterocycles. The number of nitrogens with zero attached hydrogens (tertiary/aromatic N) is 4. The number of imidazole rings is 1. The number of carbonyl (C=O) groups is 1. The van der Waals surface area contributed by atoms with Gasteiger partial charge < -0.3 is 14.4 Å². The van der Waals surface area contributed by atoms with Crippen LogP contribution >= 0.6 is 22.9 Å². The lowest BCUT2D eigenvalue weighted by molar-refractivity contribution is -0.160. The number of benzene rings is 2. The van der Waals surface area contributed by atoms with Gasteiger partial charge in [0.15, 0.2) is 11.8 Å². The highest BCUT2D eigenvalue weighted by molar-refractivity contribution is 7.22. The molecule has 0 fully saturated rings. The van der Waals surface area contributed by atoms with Gasteiger partial charge >= 0.3 is 5.97 Å². The lowest BCUT2D eigenvalue weighted by Gasteiger charge is -2.28. The summed E-state index contributed by atoms with van der Waals surface area (Å²) >= 11 is 7.69. The zero-order valence-corrected chi connectivity index (χ0v) is 23.0. The molecule has 7 nitrogen and oxygen atoms in total. The van der Waals surface area contributed by atoms with Crippen molar-refractivity contribution in [3.8, 4) is 21.7 Å². The molecule has 0 saturated carbocycles. The SMILES string of the molecule is Cc1cc2nc(-c3cnc4c(c3)nc(C)n4C)sc2c(-c2ccc(Cl)cc2)c1[C@H](OC(C)(C)C)C(=O)O. The normalized spacial score (nSPS) is 12.9. The molecule has 190 valence electrons. The monoisotopic (exact) mass is 534 g/mol. The van der Waals surface area contributed by atoms with E-state index in [0.29, 0.717) is 10.6 Å². The molecule has 0 aliphatic carbocycles. The van der Waals surface area contributed by atoms with Crippen molar-refractivity contribution < 1.29 is 14.6 Å². The average molecular weight is 535 g/mol. The Morgan fingerprint density at radius 1 is 1.08 bits per heavy atom. The number of carboxylic acids is 1. The molecule has 0 aliphatic rings. The van der Waals surface area contributed by atoms with E-state index in [1.165, 1.54) is 11.3 Å². The van der Waals surface area contributed by atoms with Crippen molar-refractivity contribution in [2.75, 3.05) is 0 Å². The summed E-state index contributed by atoms with van der Waals surface area (Å²) < 4.78 is 8.92. The molecule has 3 aromatic heterocycles. The Labute approximate surface area is 223 Å². The van der Waals surface area contributed by atoms with Gasteiger partial charge in [0, 0.05) is 35.0 Å². The molecule has 9 heteroatoms. The number of aliphatic carboxylic acids is 1. The van der Waals surface area contributed by atoms with E-state index in [2.05, 4.69) is 9.97 Å². The van der Waals surface area contributed by atoms with Crippen LogP contribution in [0.1, 0.15) is 43.8 Å². The lowest BCUT2D eigenvalue weighted by atomic mass is 9.91. The Morgan fingerprint density at radius 3 is 2.43 bits per heavy atom. The van der Waals surface area contributed by atoms with E-state index in [9.17, 15) is 9.90 Å². The first-order valence-electron chi connectivity index (χ1n) is 11.8. The third-order valence-electron chi connectivity index (χ3n) is 6.20. The number of ether oxygens (including phenoxy) is 1. The van der Waals surface area contributed by atoms with Crippen LogP contribution in [0, 0.1) is 13.8 Å². The number of aromatic nitrogens is 4. The van der Waals surface area contributed by atoms with Crippen LogP contribution in [0.25, 0.3) is 43.1 Å². The minimum Gasteiger partial charge on any atom is -0.479 e. The molecule has 1 N–H and O–H groups in total. The maximum absolute atomic E-state index is 12.5. The summed E-state index contributed by atoms with van der Waals surface area (Å²) in [6, 6.07) is 11.3. The van der Waals surface area contributed by atoms with Crippen molar-refractivity contribution >= 4 is 50.3 Å². The lowest BCUT2D eigenvalue weighted by Crippen LogP contribution is -2.28. The number of fused-ring (bicyclic) bond motifs is 2. The summed E-state index contributed by atoms with van der Waals surface area (Å²) in [5.74, 6) is -0.162. The quantitative estimate of drug-likeness (QED) is 0.258. The molecule has 0 spiro atoms. The summed E-state index contributed by atoms with van der Waals surface area (Å²) in [5, 5.41) is 11.6. The van der Waals surface area contributed by atoms with Crippen molar-refractivity contribution in [3.05, 3.63) is 64.6 Å². The van der Waals surface area contributed by atoms with Crippen LogP contribution < -0.4 is 0 Å². The number of pyridine rings is 1. The van der Waals surface area contributed by atoms with Gasteiger partial charge in [0.05, 0.1) is 15.8 Å². The highest BCUT2D eigenvalue weighted by atomic mass is 35.5. The van der Waals surface area contributed by atoms with Gasteiger partial charge in [-0.05, 0) is 70.0 Å². The van der Waals surface area contributed by atoms with Crippen molar-refractivity contribution in [1.29, 1.82) is 0 Å². The second-order valence-electron chi connectivity index (χ2n) is 10.1. The summed E-state index contributed by atoms with van der Waals surface area (Å²) in [7, 11) is 1.94.